The van der Waals surface area contributed by atoms with Gasteiger partial charge in [0.15, 0.2) is 11.5 Å². The molecule has 0 spiro atoms. The number of hydrogen-bond donors (Lipinski definition) is 3. The molecule has 0 heterocycles. The summed E-state index contributed by atoms with van der Waals surface area (Å²) in [6, 6.07) is 1.46. The molecule has 1 rings (SSSR count). The summed E-state index contributed by atoms with van der Waals surface area (Å²) in [4.78, 5) is 11.7. The van der Waals surface area contributed by atoms with Crippen LogP contribution in [0.15, 0.2) is 6.07 Å². The summed E-state index contributed by atoms with van der Waals surface area (Å²) in [7, 11) is 0. The number of carboxylic acid groups (broad SMARTS) is 1. The highest BCUT2D eigenvalue weighted by Crippen LogP contribution is 2.40. The standard InChI is InChI=1S/C27H46O5/c1-3-5-7-9-10-11-12-13-14-16-18-20-32-26-22(19-17-15-8-6-4-2)21-23(28)25(29)24(26)27(30)31/h21,28-29H,3-20H2,1-2H3,(H,30,31). The summed E-state index contributed by atoms with van der Waals surface area (Å²) in [5.41, 5.74) is 0.342. The van der Waals surface area contributed by atoms with Crippen molar-refractivity contribution >= 4 is 5.97 Å². The van der Waals surface area contributed by atoms with Crippen molar-refractivity contribution in [2.45, 2.75) is 123 Å². The number of phenolic OH excluding ortho intramolecular Hbond substituents is 1. The van der Waals surface area contributed by atoms with E-state index in [-0.39, 0.29) is 11.3 Å². The fraction of sp³-hybridized carbons (Fsp3) is 0.741. The SMILES string of the molecule is CCCCCCCCCCCCCOc1c(CCCCCCC)cc(O)c(O)c1C(=O)O. The van der Waals surface area contributed by atoms with E-state index < -0.39 is 17.5 Å². The average Bonchev–Trinajstić information content (AvgIpc) is 2.76. The monoisotopic (exact) mass is 450 g/mol. The number of aromatic carboxylic acids is 1. The Kier molecular flexibility index (Phi) is 15.5. The van der Waals surface area contributed by atoms with Crippen molar-refractivity contribution in [3.05, 3.63) is 17.2 Å². The fourth-order valence-corrected chi connectivity index (χ4v) is 4.10. The number of ether oxygens (including phenoxy) is 1. The van der Waals surface area contributed by atoms with Crippen LogP contribution in [0.5, 0.6) is 17.2 Å². The predicted molar refractivity (Wildman–Crippen MR) is 131 cm³/mol. The molecule has 32 heavy (non-hydrogen) atoms. The highest BCUT2D eigenvalue weighted by atomic mass is 16.5. The Hall–Kier alpha value is -1.91. The number of phenols is 2. The van der Waals surface area contributed by atoms with E-state index >= 15 is 0 Å². The van der Waals surface area contributed by atoms with E-state index in [0.29, 0.717) is 18.6 Å². The van der Waals surface area contributed by atoms with Crippen LogP contribution in [0.3, 0.4) is 0 Å². The molecule has 0 bridgehead atoms. The third kappa shape index (κ3) is 11.1. The maximum absolute atomic E-state index is 11.7. The molecule has 0 atom stereocenters. The number of carbonyl (C=O) groups is 1. The van der Waals surface area contributed by atoms with Crippen molar-refractivity contribution in [1.82, 2.24) is 0 Å². The lowest BCUT2D eigenvalue weighted by Crippen LogP contribution is -2.08. The summed E-state index contributed by atoms with van der Waals surface area (Å²) in [6.45, 7) is 4.83. The van der Waals surface area contributed by atoms with Crippen LogP contribution < -0.4 is 4.74 Å². The summed E-state index contributed by atoms with van der Waals surface area (Å²) in [5, 5.41) is 29.7. The lowest BCUT2D eigenvalue weighted by Gasteiger charge is -2.16. The average molecular weight is 451 g/mol. The van der Waals surface area contributed by atoms with Gasteiger partial charge in [0.2, 0.25) is 0 Å². The zero-order valence-electron chi connectivity index (χ0n) is 20.5. The summed E-state index contributed by atoms with van der Waals surface area (Å²) in [5.74, 6) is -2.07. The third-order valence-corrected chi connectivity index (χ3v) is 6.07. The molecule has 3 N–H and O–H groups in total. The van der Waals surface area contributed by atoms with Gasteiger partial charge in [-0.3, -0.25) is 0 Å². The number of aryl methyl sites for hydroxylation is 1. The van der Waals surface area contributed by atoms with E-state index in [9.17, 15) is 20.1 Å². The Morgan fingerprint density at radius 1 is 0.750 bits per heavy atom. The summed E-state index contributed by atoms with van der Waals surface area (Å²) >= 11 is 0. The molecule has 5 heteroatoms. The fourth-order valence-electron chi connectivity index (χ4n) is 4.10. The second-order valence-electron chi connectivity index (χ2n) is 8.96. The van der Waals surface area contributed by atoms with E-state index in [1.807, 2.05) is 0 Å². The van der Waals surface area contributed by atoms with E-state index in [4.69, 9.17) is 4.74 Å². The second kappa shape index (κ2) is 17.6. The first kappa shape index (κ1) is 28.1. The van der Waals surface area contributed by atoms with Crippen LogP contribution in [0.4, 0.5) is 0 Å². The van der Waals surface area contributed by atoms with E-state index in [2.05, 4.69) is 13.8 Å². The van der Waals surface area contributed by atoms with Crippen molar-refractivity contribution in [1.29, 1.82) is 0 Å². The third-order valence-electron chi connectivity index (χ3n) is 6.07. The number of benzene rings is 1. The van der Waals surface area contributed by atoms with Crippen LogP contribution in [0.25, 0.3) is 0 Å². The molecule has 0 saturated carbocycles. The van der Waals surface area contributed by atoms with Crippen molar-refractivity contribution in [2.24, 2.45) is 0 Å². The molecule has 0 aromatic heterocycles. The molecule has 1 aromatic carbocycles. The van der Waals surface area contributed by atoms with Crippen molar-refractivity contribution < 1.29 is 24.9 Å². The minimum atomic E-state index is -1.28. The van der Waals surface area contributed by atoms with Crippen LogP contribution >= 0.6 is 0 Å². The van der Waals surface area contributed by atoms with Gasteiger partial charge in [-0.05, 0) is 30.9 Å². The molecule has 184 valence electrons. The first-order valence-electron chi connectivity index (χ1n) is 13.0. The van der Waals surface area contributed by atoms with Crippen LogP contribution in [-0.4, -0.2) is 27.9 Å². The topological polar surface area (TPSA) is 87.0 Å². The van der Waals surface area contributed by atoms with E-state index in [0.717, 1.165) is 44.9 Å². The zero-order valence-corrected chi connectivity index (χ0v) is 20.5. The lowest BCUT2D eigenvalue weighted by atomic mass is 10.0. The maximum Gasteiger partial charge on any atom is 0.343 e. The Balaban J connectivity index is 2.46. The van der Waals surface area contributed by atoms with Crippen LogP contribution in [-0.2, 0) is 6.42 Å². The number of carboxylic acids is 1. The molecular formula is C27H46O5. The van der Waals surface area contributed by atoms with Gasteiger partial charge in [0.05, 0.1) is 6.61 Å². The molecule has 0 saturated heterocycles. The Morgan fingerprint density at radius 3 is 1.72 bits per heavy atom. The normalized spacial score (nSPS) is 11.1. The Labute approximate surface area is 195 Å². The molecule has 0 aliphatic carbocycles. The van der Waals surface area contributed by atoms with Crippen molar-refractivity contribution in [2.75, 3.05) is 6.61 Å². The lowest BCUT2D eigenvalue weighted by molar-refractivity contribution is 0.0687. The van der Waals surface area contributed by atoms with Gasteiger partial charge in [-0.25, -0.2) is 4.79 Å². The quantitative estimate of drug-likeness (QED) is 0.138. The number of aromatic hydroxyl groups is 2. The first-order chi connectivity index (χ1) is 15.5. The largest absolute Gasteiger partial charge is 0.504 e. The first-order valence-corrected chi connectivity index (χ1v) is 13.0. The Morgan fingerprint density at radius 2 is 1.22 bits per heavy atom. The van der Waals surface area contributed by atoms with E-state index in [1.165, 1.54) is 63.9 Å². The molecular weight excluding hydrogens is 404 g/mol. The number of unbranched alkanes of at least 4 members (excludes halogenated alkanes) is 14. The molecule has 5 nitrogen and oxygen atoms in total. The van der Waals surface area contributed by atoms with Gasteiger partial charge in [0.25, 0.3) is 0 Å². The zero-order chi connectivity index (χ0) is 23.6. The highest BCUT2D eigenvalue weighted by Gasteiger charge is 2.24. The van der Waals surface area contributed by atoms with Crippen molar-refractivity contribution in [3.8, 4) is 17.2 Å². The summed E-state index contributed by atoms with van der Waals surface area (Å²) < 4.78 is 5.87. The molecule has 0 fully saturated rings. The molecule has 0 aliphatic rings. The van der Waals surface area contributed by atoms with Gasteiger partial charge in [-0.1, -0.05) is 104 Å². The smallest absolute Gasteiger partial charge is 0.343 e. The number of rotatable bonds is 20. The van der Waals surface area contributed by atoms with Gasteiger partial charge < -0.3 is 20.1 Å². The van der Waals surface area contributed by atoms with Gasteiger partial charge in [0.1, 0.15) is 11.3 Å². The van der Waals surface area contributed by atoms with E-state index in [1.54, 1.807) is 0 Å². The highest BCUT2D eigenvalue weighted by molar-refractivity contribution is 5.95. The van der Waals surface area contributed by atoms with Gasteiger partial charge >= 0.3 is 5.97 Å². The second-order valence-corrected chi connectivity index (χ2v) is 8.96. The van der Waals surface area contributed by atoms with Crippen LogP contribution in [0.2, 0.25) is 0 Å². The summed E-state index contributed by atoms with van der Waals surface area (Å²) in [6.07, 6.45) is 19.7. The minimum absolute atomic E-state index is 0.218. The van der Waals surface area contributed by atoms with Crippen molar-refractivity contribution in [3.63, 3.8) is 0 Å². The van der Waals surface area contributed by atoms with Crippen LogP contribution in [0, 0.1) is 0 Å². The molecule has 0 aliphatic heterocycles. The Bertz CT molecular complexity index is 641. The predicted octanol–water partition coefficient (Wildman–Crippen LogP) is 8.00. The molecule has 1 aromatic rings. The molecule has 0 unspecified atom stereocenters. The van der Waals surface area contributed by atoms with Gasteiger partial charge in [0, 0.05) is 0 Å². The van der Waals surface area contributed by atoms with Gasteiger partial charge in [-0.2, -0.15) is 0 Å². The molecule has 0 amide bonds. The van der Waals surface area contributed by atoms with Gasteiger partial charge in [-0.15, -0.1) is 0 Å². The van der Waals surface area contributed by atoms with Crippen LogP contribution in [0.1, 0.15) is 133 Å². The number of hydrogen-bond acceptors (Lipinski definition) is 4. The maximum atomic E-state index is 11.7. The molecule has 0 radical (unpaired) electrons. The minimum Gasteiger partial charge on any atom is -0.504 e.